The van der Waals surface area contributed by atoms with Crippen LogP contribution in [-0.4, -0.2) is 22.6 Å². The minimum absolute atomic E-state index is 0.0941. The van der Waals surface area contributed by atoms with Crippen LogP contribution in [0.1, 0.15) is 5.56 Å². The topological polar surface area (TPSA) is 111 Å². The molecule has 3 N–H and O–H groups in total. The zero-order chi connectivity index (χ0) is 12.1. The molecule has 0 atom stereocenters. The average Bonchev–Trinajstić information content (AvgIpc) is 2.25. The van der Waals surface area contributed by atoms with Crippen LogP contribution in [0.15, 0.2) is 23.4 Å². The standard InChI is InChI=1S/C9H11N3O4/c1-6-3-2-4-7(9(6)12(14)15)16-5-8(10)11-13/h2-4,13H,5H2,1H3,(H2,10,11). The molecular formula is C9H11N3O4. The fourth-order valence-electron chi connectivity index (χ4n) is 1.16. The third-order valence-corrected chi connectivity index (χ3v) is 1.89. The summed E-state index contributed by atoms with van der Waals surface area (Å²) in [6, 6.07) is 4.69. The van der Waals surface area contributed by atoms with Crippen LogP contribution in [0.5, 0.6) is 5.75 Å². The van der Waals surface area contributed by atoms with E-state index in [9.17, 15) is 10.1 Å². The molecule has 1 aromatic carbocycles. The normalized spacial score (nSPS) is 11.2. The number of oxime groups is 1. The summed E-state index contributed by atoms with van der Waals surface area (Å²) in [4.78, 5) is 10.2. The molecule has 1 aromatic rings. The SMILES string of the molecule is Cc1cccc(OC/C(N)=N/O)c1[N+](=O)[O-]. The smallest absolute Gasteiger partial charge is 0.313 e. The van der Waals surface area contributed by atoms with Gasteiger partial charge in [0.25, 0.3) is 0 Å². The van der Waals surface area contributed by atoms with Crippen molar-refractivity contribution in [3.63, 3.8) is 0 Å². The number of nitrogens with zero attached hydrogens (tertiary/aromatic N) is 2. The fourth-order valence-corrected chi connectivity index (χ4v) is 1.16. The Bertz CT molecular complexity index is 431. The number of nitrogens with two attached hydrogens (primary N) is 1. The summed E-state index contributed by atoms with van der Waals surface area (Å²) in [5.74, 6) is -0.0626. The Morgan fingerprint density at radius 1 is 1.69 bits per heavy atom. The lowest BCUT2D eigenvalue weighted by Crippen LogP contribution is -2.21. The van der Waals surface area contributed by atoms with Gasteiger partial charge in [-0.15, -0.1) is 0 Å². The highest BCUT2D eigenvalue weighted by Gasteiger charge is 2.18. The number of benzene rings is 1. The van der Waals surface area contributed by atoms with Crippen LogP contribution in [0.25, 0.3) is 0 Å². The zero-order valence-corrected chi connectivity index (χ0v) is 8.58. The number of nitro benzene ring substituents is 1. The van der Waals surface area contributed by atoms with E-state index in [1.165, 1.54) is 6.07 Å². The van der Waals surface area contributed by atoms with Crippen LogP contribution < -0.4 is 10.5 Å². The minimum atomic E-state index is -0.531. The number of hydrogen-bond acceptors (Lipinski definition) is 5. The molecule has 7 heteroatoms. The van der Waals surface area contributed by atoms with E-state index in [0.717, 1.165) is 0 Å². The molecule has 0 heterocycles. The summed E-state index contributed by atoms with van der Waals surface area (Å²) in [7, 11) is 0. The summed E-state index contributed by atoms with van der Waals surface area (Å²) in [5, 5.41) is 21.8. The number of amidine groups is 1. The van der Waals surface area contributed by atoms with Gasteiger partial charge in [-0.25, -0.2) is 0 Å². The summed E-state index contributed by atoms with van der Waals surface area (Å²) in [6.07, 6.45) is 0. The molecule has 1 rings (SSSR count). The molecule has 16 heavy (non-hydrogen) atoms. The van der Waals surface area contributed by atoms with Crippen molar-refractivity contribution in [2.45, 2.75) is 6.92 Å². The van der Waals surface area contributed by atoms with Crippen LogP contribution in [0.4, 0.5) is 5.69 Å². The maximum atomic E-state index is 10.8. The van der Waals surface area contributed by atoms with Crippen molar-refractivity contribution >= 4 is 11.5 Å². The lowest BCUT2D eigenvalue weighted by atomic mass is 10.2. The lowest BCUT2D eigenvalue weighted by molar-refractivity contribution is -0.386. The van der Waals surface area contributed by atoms with Crippen molar-refractivity contribution in [3.05, 3.63) is 33.9 Å². The largest absolute Gasteiger partial charge is 0.479 e. The number of rotatable bonds is 4. The van der Waals surface area contributed by atoms with Crippen molar-refractivity contribution in [2.75, 3.05) is 6.61 Å². The highest BCUT2D eigenvalue weighted by molar-refractivity contribution is 5.81. The van der Waals surface area contributed by atoms with Gasteiger partial charge in [-0.3, -0.25) is 10.1 Å². The second kappa shape index (κ2) is 4.96. The van der Waals surface area contributed by atoms with Crippen LogP contribution >= 0.6 is 0 Å². The summed E-state index contributed by atoms with van der Waals surface area (Å²) in [6.45, 7) is 1.40. The van der Waals surface area contributed by atoms with Crippen molar-refractivity contribution in [1.29, 1.82) is 0 Å². The molecule has 0 spiro atoms. The van der Waals surface area contributed by atoms with E-state index < -0.39 is 4.92 Å². The van der Waals surface area contributed by atoms with Crippen molar-refractivity contribution in [3.8, 4) is 5.75 Å². The molecule has 0 fully saturated rings. The number of nitro groups is 1. The summed E-state index contributed by atoms with van der Waals surface area (Å²) >= 11 is 0. The van der Waals surface area contributed by atoms with Crippen molar-refractivity contribution in [1.82, 2.24) is 0 Å². The van der Waals surface area contributed by atoms with Gasteiger partial charge in [-0.1, -0.05) is 17.3 Å². The van der Waals surface area contributed by atoms with Crippen LogP contribution in [-0.2, 0) is 0 Å². The second-order valence-corrected chi connectivity index (χ2v) is 3.06. The highest BCUT2D eigenvalue weighted by atomic mass is 16.6. The minimum Gasteiger partial charge on any atom is -0.479 e. The van der Waals surface area contributed by atoms with E-state index in [4.69, 9.17) is 15.7 Å². The molecule has 0 unspecified atom stereocenters. The van der Waals surface area contributed by atoms with E-state index in [-0.39, 0.29) is 23.9 Å². The summed E-state index contributed by atoms with van der Waals surface area (Å²) in [5.41, 5.74) is 5.56. The van der Waals surface area contributed by atoms with Gasteiger partial charge in [0.15, 0.2) is 11.6 Å². The maximum Gasteiger partial charge on any atom is 0.313 e. The molecule has 7 nitrogen and oxygen atoms in total. The summed E-state index contributed by atoms with van der Waals surface area (Å²) < 4.78 is 5.07. The monoisotopic (exact) mass is 225 g/mol. The van der Waals surface area contributed by atoms with Crippen LogP contribution in [0.3, 0.4) is 0 Å². The molecule has 0 bridgehead atoms. The van der Waals surface area contributed by atoms with Gasteiger partial charge >= 0.3 is 5.69 Å². The predicted molar refractivity (Wildman–Crippen MR) is 56.7 cm³/mol. The van der Waals surface area contributed by atoms with Gasteiger partial charge in [0, 0.05) is 5.56 Å². The number of aryl methyl sites for hydroxylation is 1. The average molecular weight is 225 g/mol. The van der Waals surface area contributed by atoms with Gasteiger partial charge in [-0.05, 0) is 13.0 Å². The molecular weight excluding hydrogens is 214 g/mol. The van der Waals surface area contributed by atoms with Gasteiger partial charge < -0.3 is 15.7 Å². The molecule has 0 radical (unpaired) electrons. The fraction of sp³-hybridized carbons (Fsp3) is 0.222. The Kier molecular flexibility index (Phi) is 3.65. The van der Waals surface area contributed by atoms with E-state index in [1.54, 1.807) is 19.1 Å². The van der Waals surface area contributed by atoms with Gasteiger partial charge in [0.05, 0.1) is 4.92 Å². The first-order valence-electron chi connectivity index (χ1n) is 4.39. The Labute approximate surface area is 91.3 Å². The van der Waals surface area contributed by atoms with E-state index >= 15 is 0 Å². The third-order valence-electron chi connectivity index (χ3n) is 1.89. The Balaban J connectivity index is 2.96. The Hall–Kier alpha value is -2.31. The first kappa shape index (κ1) is 11.8. The molecule has 0 amide bonds. The molecule has 0 aliphatic carbocycles. The first-order valence-corrected chi connectivity index (χ1v) is 4.39. The van der Waals surface area contributed by atoms with Gasteiger partial charge in [0.2, 0.25) is 0 Å². The van der Waals surface area contributed by atoms with E-state index in [2.05, 4.69) is 5.16 Å². The Morgan fingerprint density at radius 3 is 2.94 bits per heavy atom. The maximum absolute atomic E-state index is 10.8. The van der Waals surface area contributed by atoms with E-state index in [0.29, 0.717) is 5.56 Å². The lowest BCUT2D eigenvalue weighted by Gasteiger charge is -2.06. The highest BCUT2D eigenvalue weighted by Crippen LogP contribution is 2.29. The molecule has 0 saturated carbocycles. The first-order chi connectivity index (χ1) is 7.56. The second-order valence-electron chi connectivity index (χ2n) is 3.06. The van der Waals surface area contributed by atoms with Crippen molar-refractivity contribution in [2.24, 2.45) is 10.9 Å². The number of para-hydroxylation sites is 1. The van der Waals surface area contributed by atoms with Crippen LogP contribution in [0, 0.1) is 17.0 Å². The van der Waals surface area contributed by atoms with Gasteiger partial charge in [-0.2, -0.15) is 0 Å². The molecule has 0 aliphatic heterocycles. The third kappa shape index (κ3) is 2.59. The molecule has 86 valence electrons. The number of ether oxygens (including phenoxy) is 1. The predicted octanol–water partition coefficient (Wildman–Crippen LogP) is 1.03. The van der Waals surface area contributed by atoms with Crippen LogP contribution in [0.2, 0.25) is 0 Å². The quantitative estimate of drug-likeness (QED) is 0.261. The molecule has 0 saturated heterocycles. The zero-order valence-electron chi connectivity index (χ0n) is 8.58. The molecule has 0 aliphatic rings. The van der Waals surface area contributed by atoms with Gasteiger partial charge in [0.1, 0.15) is 6.61 Å². The van der Waals surface area contributed by atoms with Crippen molar-refractivity contribution < 1.29 is 14.9 Å². The molecule has 0 aromatic heterocycles. The number of hydrogen-bond donors (Lipinski definition) is 2. The van der Waals surface area contributed by atoms with E-state index in [1.807, 2.05) is 0 Å². The Morgan fingerprint density at radius 2 is 2.38 bits per heavy atom.